The van der Waals surface area contributed by atoms with Gasteiger partial charge in [0.15, 0.2) is 5.13 Å². The van der Waals surface area contributed by atoms with Crippen LogP contribution in [0.1, 0.15) is 11.3 Å². The maximum atomic E-state index is 12.0. The summed E-state index contributed by atoms with van der Waals surface area (Å²) in [6.07, 6.45) is -3.31. The van der Waals surface area contributed by atoms with Gasteiger partial charge in [-0.05, 0) is 7.05 Å². The molecule has 1 aromatic heterocycles. The monoisotopic (exact) mass is 254 g/mol. The number of aromatic nitrogens is 1. The highest BCUT2D eigenvalue weighted by Gasteiger charge is 2.27. The van der Waals surface area contributed by atoms with E-state index in [4.69, 9.17) is 5.84 Å². The summed E-state index contributed by atoms with van der Waals surface area (Å²) >= 11 is 1.32. The van der Waals surface area contributed by atoms with E-state index in [0.717, 1.165) is 4.88 Å². The minimum atomic E-state index is -4.11. The minimum Gasteiger partial charge on any atom is -0.301 e. The van der Waals surface area contributed by atoms with Gasteiger partial charge in [-0.2, -0.15) is 13.2 Å². The fraction of sp³-hybridized carbons (Fsp3) is 0.625. The number of thiazole rings is 1. The van der Waals surface area contributed by atoms with Crippen LogP contribution in [-0.4, -0.2) is 29.7 Å². The Morgan fingerprint density at radius 3 is 2.75 bits per heavy atom. The standard InChI is InChI=1S/C8H13F3N4S/c1-15(3-2-8(9,10)11)5-6-4-13-7(14-12)16-6/h4H,2-3,5,12H2,1H3,(H,13,14). The van der Waals surface area contributed by atoms with E-state index in [1.165, 1.54) is 11.3 Å². The number of anilines is 1. The number of hydrazine groups is 1. The molecule has 0 bridgehead atoms. The second-order valence-corrected chi connectivity index (χ2v) is 4.49. The average molecular weight is 254 g/mol. The summed E-state index contributed by atoms with van der Waals surface area (Å²) in [6.45, 7) is 0.419. The van der Waals surface area contributed by atoms with Crippen LogP contribution in [0.4, 0.5) is 18.3 Å². The van der Waals surface area contributed by atoms with Gasteiger partial charge in [0.1, 0.15) is 0 Å². The summed E-state index contributed by atoms with van der Waals surface area (Å²) in [7, 11) is 1.64. The maximum absolute atomic E-state index is 12.0. The largest absolute Gasteiger partial charge is 0.390 e. The van der Waals surface area contributed by atoms with Crippen LogP contribution >= 0.6 is 11.3 Å². The summed E-state index contributed by atoms with van der Waals surface area (Å²) in [6, 6.07) is 0. The van der Waals surface area contributed by atoms with Crippen molar-refractivity contribution in [2.75, 3.05) is 19.0 Å². The van der Waals surface area contributed by atoms with Crippen molar-refractivity contribution in [1.29, 1.82) is 0 Å². The molecule has 0 unspecified atom stereocenters. The van der Waals surface area contributed by atoms with E-state index in [-0.39, 0.29) is 6.54 Å². The van der Waals surface area contributed by atoms with Crippen LogP contribution in [0.5, 0.6) is 0 Å². The molecule has 0 aliphatic carbocycles. The smallest absolute Gasteiger partial charge is 0.301 e. The van der Waals surface area contributed by atoms with Crippen LogP contribution < -0.4 is 11.3 Å². The Balaban J connectivity index is 2.36. The molecule has 0 amide bonds. The summed E-state index contributed by atoms with van der Waals surface area (Å²) in [5.41, 5.74) is 2.39. The van der Waals surface area contributed by atoms with Gasteiger partial charge >= 0.3 is 6.18 Å². The van der Waals surface area contributed by atoms with E-state index in [1.54, 1.807) is 18.1 Å². The predicted molar refractivity (Wildman–Crippen MR) is 56.9 cm³/mol. The number of nitrogens with one attached hydrogen (secondary N) is 1. The second-order valence-electron chi connectivity index (χ2n) is 3.38. The molecule has 0 aliphatic rings. The van der Waals surface area contributed by atoms with Gasteiger partial charge in [0.05, 0.1) is 6.42 Å². The molecular weight excluding hydrogens is 241 g/mol. The molecule has 1 heterocycles. The lowest BCUT2D eigenvalue weighted by molar-refractivity contribution is -0.137. The quantitative estimate of drug-likeness (QED) is 0.621. The molecular formula is C8H13F3N4S. The van der Waals surface area contributed by atoms with Crippen molar-refractivity contribution in [3.05, 3.63) is 11.1 Å². The third kappa shape index (κ3) is 4.77. The van der Waals surface area contributed by atoms with Crippen molar-refractivity contribution >= 4 is 16.5 Å². The van der Waals surface area contributed by atoms with Gasteiger partial charge in [-0.25, -0.2) is 10.8 Å². The van der Waals surface area contributed by atoms with Crippen LogP contribution in [0, 0.1) is 0 Å². The molecule has 0 saturated carbocycles. The topological polar surface area (TPSA) is 54.2 Å². The molecule has 8 heteroatoms. The first-order valence-electron chi connectivity index (χ1n) is 4.57. The van der Waals surface area contributed by atoms with Crippen molar-refractivity contribution in [2.24, 2.45) is 5.84 Å². The first kappa shape index (κ1) is 13.2. The van der Waals surface area contributed by atoms with Crippen LogP contribution in [0.25, 0.3) is 0 Å². The van der Waals surface area contributed by atoms with E-state index in [1.807, 2.05) is 0 Å². The Morgan fingerprint density at radius 1 is 1.56 bits per heavy atom. The molecule has 92 valence electrons. The highest BCUT2D eigenvalue weighted by Crippen LogP contribution is 2.21. The zero-order chi connectivity index (χ0) is 12.2. The highest BCUT2D eigenvalue weighted by atomic mass is 32.1. The van der Waals surface area contributed by atoms with Crippen molar-refractivity contribution < 1.29 is 13.2 Å². The van der Waals surface area contributed by atoms with Crippen LogP contribution in [0.3, 0.4) is 0 Å². The second kappa shape index (κ2) is 5.46. The average Bonchev–Trinajstić information content (AvgIpc) is 2.61. The molecule has 3 N–H and O–H groups in total. The number of halogens is 3. The molecule has 0 fully saturated rings. The van der Waals surface area contributed by atoms with Crippen LogP contribution in [-0.2, 0) is 6.54 Å². The number of rotatable bonds is 5. The zero-order valence-corrected chi connectivity index (χ0v) is 9.53. The van der Waals surface area contributed by atoms with Gasteiger partial charge in [0, 0.05) is 24.2 Å². The number of nitrogens with zero attached hydrogens (tertiary/aromatic N) is 2. The Morgan fingerprint density at radius 2 is 2.25 bits per heavy atom. The van der Waals surface area contributed by atoms with Gasteiger partial charge in [-0.15, -0.1) is 0 Å². The number of hydrogen-bond donors (Lipinski definition) is 2. The predicted octanol–water partition coefficient (Wildman–Crippen LogP) is 1.81. The lowest BCUT2D eigenvalue weighted by atomic mass is 10.4. The number of hydrogen-bond acceptors (Lipinski definition) is 5. The molecule has 0 saturated heterocycles. The van der Waals surface area contributed by atoms with E-state index >= 15 is 0 Å². The molecule has 0 spiro atoms. The molecule has 16 heavy (non-hydrogen) atoms. The van der Waals surface area contributed by atoms with Crippen molar-refractivity contribution in [3.8, 4) is 0 Å². The summed E-state index contributed by atoms with van der Waals surface area (Å²) < 4.78 is 35.9. The minimum absolute atomic E-state index is 0.0210. The van der Waals surface area contributed by atoms with Gasteiger partial charge in [0.25, 0.3) is 0 Å². The zero-order valence-electron chi connectivity index (χ0n) is 8.71. The third-order valence-electron chi connectivity index (χ3n) is 1.88. The summed E-state index contributed by atoms with van der Waals surface area (Å²) in [4.78, 5) is 6.40. The van der Waals surface area contributed by atoms with Crippen molar-refractivity contribution in [2.45, 2.75) is 19.1 Å². The summed E-state index contributed by atoms with van der Waals surface area (Å²) in [5, 5.41) is 0.555. The number of nitrogen functional groups attached to an aromatic ring is 1. The maximum Gasteiger partial charge on any atom is 0.390 e. The van der Waals surface area contributed by atoms with Gasteiger partial charge < -0.3 is 4.90 Å². The normalized spacial score (nSPS) is 12.1. The molecule has 1 aromatic rings. The SMILES string of the molecule is CN(CCC(F)(F)F)Cc1cnc(NN)s1. The Bertz CT molecular complexity index is 325. The Labute approximate surface area is 95.2 Å². The first-order valence-corrected chi connectivity index (χ1v) is 5.39. The molecule has 1 rings (SSSR count). The highest BCUT2D eigenvalue weighted by molar-refractivity contribution is 7.15. The van der Waals surface area contributed by atoms with Crippen LogP contribution in [0.2, 0.25) is 0 Å². The molecule has 0 aliphatic heterocycles. The van der Waals surface area contributed by atoms with E-state index < -0.39 is 12.6 Å². The summed E-state index contributed by atoms with van der Waals surface area (Å²) in [5.74, 6) is 5.15. The number of nitrogens with two attached hydrogens (primary N) is 1. The van der Waals surface area contributed by atoms with E-state index in [0.29, 0.717) is 11.7 Å². The van der Waals surface area contributed by atoms with Crippen molar-refractivity contribution in [1.82, 2.24) is 9.88 Å². The fourth-order valence-electron chi connectivity index (χ4n) is 1.11. The van der Waals surface area contributed by atoms with E-state index in [9.17, 15) is 13.2 Å². The Kier molecular flexibility index (Phi) is 4.51. The van der Waals surface area contributed by atoms with Gasteiger partial charge in [-0.1, -0.05) is 11.3 Å². The van der Waals surface area contributed by atoms with Crippen molar-refractivity contribution in [3.63, 3.8) is 0 Å². The lowest BCUT2D eigenvalue weighted by Crippen LogP contribution is -2.23. The molecule has 0 radical (unpaired) electrons. The number of alkyl halides is 3. The van der Waals surface area contributed by atoms with Gasteiger partial charge in [0.2, 0.25) is 0 Å². The molecule has 0 aromatic carbocycles. The van der Waals surface area contributed by atoms with Gasteiger partial charge in [-0.3, -0.25) is 5.43 Å². The third-order valence-corrected chi connectivity index (χ3v) is 2.79. The molecule has 4 nitrogen and oxygen atoms in total. The van der Waals surface area contributed by atoms with Crippen LogP contribution in [0.15, 0.2) is 6.20 Å². The lowest BCUT2D eigenvalue weighted by Gasteiger charge is -2.16. The fourth-order valence-corrected chi connectivity index (χ4v) is 1.91. The Hall–Kier alpha value is -0.860. The molecule has 0 atom stereocenters. The first-order chi connectivity index (χ1) is 7.40. The van der Waals surface area contributed by atoms with E-state index in [2.05, 4.69) is 10.4 Å².